The summed E-state index contributed by atoms with van der Waals surface area (Å²) in [5, 5.41) is 0. The van der Waals surface area contributed by atoms with Crippen molar-refractivity contribution in [2.75, 3.05) is 14.2 Å². The van der Waals surface area contributed by atoms with Crippen LogP contribution in [0.1, 0.15) is 18.9 Å². The first-order valence-electron chi connectivity index (χ1n) is 5.75. The fourth-order valence-electron chi connectivity index (χ4n) is 2.67. The second kappa shape index (κ2) is 4.12. The van der Waals surface area contributed by atoms with Gasteiger partial charge < -0.3 is 9.47 Å². The van der Waals surface area contributed by atoms with E-state index in [0.717, 1.165) is 5.56 Å². The van der Waals surface area contributed by atoms with Gasteiger partial charge in [0.1, 0.15) is 0 Å². The Hall–Kier alpha value is -1.84. The highest BCUT2D eigenvalue weighted by Gasteiger charge is 2.76. The summed E-state index contributed by atoms with van der Waals surface area (Å²) in [4.78, 5) is 23.9. The molecule has 1 atom stereocenters. The molecule has 4 nitrogen and oxygen atoms in total. The van der Waals surface area contributed by atoms with Crippen molar-refractivity contribution in [2.24, 2.45) is 5.41 Å². The van der Waals surface area contributed by atoms with Crippen LogP contribution in [0.4, 0.5) is 0 Å². The average molecular weight is 248 g/mol. The maximum absolute atomic E-state index is 12.0. The second-order valence-electron chi connectivity index (χ2n) is 4.76. The Labute approximate surface area is 106 Å². The number of methoxy groups -OCH3 is 2. The van der Waals surface area contributed by atoms with E-state index in [0.29, 0.717) is 6.42 Å². The number of hydrogen-bond acceptors (Lipinski definition) is 4. The highest BCUT2D eigenvalue weighted by molar-refractivity contribution is 6.06. The number of carbonyl (C=O) groups excluding carboxylic acids is 2. The Morgan fingerprint density at radius 1 is 1.06 bits per heavy atom. The minimum Gasteiger partial charge on any atom is -0.468 e. The fourth-order valence-corrected chi connectivity index (χ4v) is 2.67. The molecule has 1 aromatic rings. The van der Waals surface area contributed by atoms with Crippen LogP contribution in [0.2, 0.25) is 0 Å². The van der Waals surface area contributed by atoms with Crippen molar-refractivity contribution in [3.8, 4) is 0 Å². The molecule has 0 radical (unpaired) electrons. The molecule has 0 saturated heterocycles. The van der Waals surface area contributed by atoms with E-state index < -0.39 is 22.8 Å². The minimum absolute atomic E-state index is 0.420. The Bertz CT molecular complexity index is 464. The molecular formula is C14H16O4. The van der Waals surface area contributed by atoms with Gasteiger partial charge in [0.2, 0.25) is 0 Å². The number of esters is 2. The van der Waals surface area contributed by atoms with Crippen LogP contribution in [-0.4, -0.2) is 26.2 Å². The second-order valence-corrected chi connectivity index (χ2v) is 4.76. The standard InChI is InChI=1S/C14H16O4/c1-13(10-7-5-4-6-8-10)9-14(13,11(15)17-2)12(16)18-3/h4-8H,9H2,1-3H3/t13-/m0/s1. The Morgan fingerprint density at radius 3 is 2.00 bits per heavy atom. The first kappa shape index (κ1) is 12.6. The van der Waals surface area contributed by atoms with Gasteiger partial charge in [-0.2, -0.15) is 0 Å². The van der Waals surface area contributed by atoms with E-state index in [9.17, 15) is 9.59 Å². The summed E-state index contributed by atoms with van der Waals surface area (Å²) in [6.45, 7) is 1.89. The summed E-state index contributed by atoms with van der Waals surface area (Å²) in [5.41, 5.74) is -0.799. The number of benzene rings is 1. The third-order valence-corrected chi connectivity index (χ3v) is 3.91. The van der Waals surface area contributed by atoms with Crippen molar-refractivity contribution in [3.05, 3.63) is 35.9 Å². The summed E-state index contributed by atoms with van der Waals surface area (Å²) in [7, 11) is 2.58. The summed E-state index contributed by atoms with van der Waals surface area (Å²) in [6.07, 6.45) is 0.420. The molecule has 18 heavy (non-hydrogen) atoms. The monoisotopic (exact) mass is 248 g/mol. The third kappa shape index (κ3) is 1.45. The van der Waals surface area contributed by atoms with Crippen LogP contribution in [0.15, 0.2) is 30.3 Å². The first-order chi connectivity index (χ1) is 8.53. The number of hydrogen-bond donors (Lipinski definition) is 0. The molecule has 1 aromatic carbocycles. The van der Waals surface area contributed by atoms with E-state index in [1.165, 1.54) is 14.2 Å². The molecule has 0 bridgehead atoms. The minimum atomic E-state index is -1.20. The lowest BCUT2D eigenvalue weighted by Crippen LogP contribution is -2.35. The molecule has 0 aliphatic heterocycles. The average Bonchev–Trinajstić information content (AvgIpc) is 3.07. The summed E-state index contributed by atoms with van der Waals surface area (Å²) >= 11 is 0. The molecule has 1 aliphatic rings. The summed E-state index contributed by atoms with van der Waals surface area (Å²) < 4.78 is 9.56. The highest BCUT2D eigenvalue weighted by atomic mass is 16.5. The lowest BCUT2D eigenvalue weighted by atomic mass is 9.87. The van der Waals surface area contributed by atoms with Crippen molar-refractivity contribution in [1.82, 2.24) is 0 Å². The lowest BCUT2D eigenvalue weighted by Gasteiger charge is -2.19. The Balaban J connectivity index is 2.44. The lowest BCUT2D eigenvalue weighted by molar-refractivity contribution is -0.162. The van der Waals surface area contributed by atoms with Gasteiger partial charge in [-0.3, -0.25) is 9.59 Å². The number of carbonyl (C=O) groups is 2. The Kier molecular flexibility index (Phi) is 2.89. The Morgan fingerprint density at radius 2 is 1.56 bits per heavy atom. The molecule has 4 heteroatoms. The van der Waals surface area contributed by atoms with Crippen molar-refractivity contribution in [3.63, 3.8) is 0 Å². The van der Waals surface area contributed by atoms with E-state index in [2.05, 4.69) is 0 Å². The maximum atomic E-state index is 12.0. The van der Waals surface area contributed by atoms with E-state index in [1.807, 2.05) is 37.3 Å². The molecule has 0 spiro atoms. The van der Waals surface area contributed by atoms with Crippen molar-refractivity contribution < 1.29 is 19.1 Å². The van der Waals surface area contributed by atoms with Crippen LogP contribution in [0.25, 0.3) is 0 Å². The summed E-state index contributed by atoms with van der Waals surface area (Å²) in [5.74, 6) is -1.05. The van der Waals surface area contributed by atoms with Gasteiger partial charge in [-0.15, -0.1) is 0 Å². The summed E-state index contributed by atoms with van der Waals surface area (Å²) in [6, 6.07) is 9.49. The van der Waals surface area contributed by atoms with Gasteiger partial charge in [-0.1, -0.05) is 37.3 Å². The molecule has 1 fully saturated rings. The molecule has 0 unspecified atom stereocenters. The molecule has 96 valence electrons. The van der Waals surface area contributed by atoms with Gasteiger partial charge in [-0.05, 0) is 12.0 Å². The van der Waals surface area contributed by atoms with Crippen molar-refractivity contribution in [2.45, 2.75) is 18.8 Å². The van der Waals surface area contributed by atoms with Crippen LogP contribution < -0.4 is 0 Å². The number of rotatable bonds is 3. The van der Waals surface area contributed by atoms with Crippen LogP contribution in [-0.2, 0) is 24.5 Å². The normalized spacial score (nSPS) is 24.2. The van der Waals surface area contributed by atoms with Gasteiger partial charge >= 0.3 is 11.9 Å². The zero-order valence-corrected chi connectivity index (χ0v) is 10.7. The molecule has 0 amide bonds. The maximum Gasteiger partial charge on any atom is 0.324 e. The van der Waals surface area contributed by atoms with Gasteiger partial charge in [-0.25, -0.2) is 0 Å². The predicted molar refractivity (Wildman–Crippen MR) is 64.9 cm³/mol. The van der Waals surface area contributed by atoms with Crippen LogP contribution in [0.3, 0.4) is 0 Å². The van der Waals surface area contributed by atoms with E-state index in [-0.39, 0.29) is 0 Å². The SMILES string of the molecule is COC(=O)C1(C(=O)OC)C[C@@]1(C)c1ccccc1. The quantitative estimate of drug-likeness (QED) is 0.603. The smallest absolute Gasteiger partial charge is 0.324 e. The molecule has 0 aromatic heterocycles. The van der Waals surface area contributed by atoms with Gasteiger partial charge in [0.05, 0.1) is 14.2 Å². The largest absolute Gasteiger partial charge is 0.468 e. The molecule has 0 heterocycles. The van der Waals surface area contributed by atoms with Crippen LogP contribution in [0.5, 0.6) is 0 Å². The predicted octanol–water partition coefficient (Wildman–Crippen LogP) is 1.68. The van der Waals surface area contributed by atoms with E-state index >= 15 is 0 Å². The third-order valence-electron chi connectivity index (χ3n) is 3.91. The number of ether oxygens (including phenoxy) is 2. The molecule has 0 N–H and O–H groups in total. The van der Waals surface area contributed by atoms with E-state index in [1.54, 1.807) is 0 Å². The van der Waals surface area contributed by atoms with Gasteiger partial charge in [0.25, 0.3) is 0 Å². The topological polar surface area (TPSA) is 52.6 Å². The van der Waals surface area contributed by atoms with Gasteiger partial charge in [0.15, 0.2) is 5.41 Å². The molecule has 1 saturated carbocycles. The zero-order valence-electron chi connectivity index (χ0n) is 10.7. The van der Waals surface area contributed by atoms with Crippen molar-refractivity contribution in [1.29, 1.82) is 0 Å². The van der Waals surface area contributed by atoms with Crippen LogP contribution in [0, 0.1) is 5.41 Å². The van der Waals surface area contributed by atoms with Crippen LogP contribution >= 0.6 is 0 Å². The molecule has 2 rings (SSSR count). The zero-order chi connectivity index (χ0) is 13.4. The molecular weight excluding hydrogens is 232 g/mol. The van der Waals surface area contributed by atoms with Crippen molar-refractivity contribution >= 4 is 11.9 Å². The fraction of sp³-hybridized carbons (Fsp3) is 0.429. The van der Waals surface area contributed by atoms with E-state index in [4.69, 9.17) is 9.47 Å². The molecule has 1 aliphatic carbocycles. The van der Waals surface area contributed by atoms with Gasteiger partial charge in [0, 0.05) is 5.41 Å². The highest BCUT2D eigenvalue weighted by Crippen LogP contribution is 2.65. The first-order valence-corrected chi connectivity index (χ1v) is 5.75.